The van der Waals surface area contributed by atoms with Gasteiger partial charge in [-0.25, -0.2) is 9.97 Å². The van der Waals surface area contributed by atoms with E-state index in [0.29, 0.717) is 16.4 Å². The Labute approximate surface area is 140 Å². The fourth-order valence-electron chi connectivity index (χ4n) is 2.67. The van der Waals surface area contributed by atoms with Gasteiger partial charge in [-0.05, 0) is 37.1 Å². The maximum absolute atomic E-state index is 12.3. The van der Waals surface area contributed by atoms with Crippen molar-refractivity contribution in [3.63, 3.8) is 0 Å². The molecule has 0 spiro atoms. The molecule has 0 radical (unpaired) electrons. The van der Waals surface area contributed by atoms with Gasteiger partial charge in [0.05, 0.1) is 0 Å². The third-order valence-electron chi connectivity index (χ3n) is 3.92. The molecule has 2 heterocycles. The van der Waals surface area contributed by atoms with Crippen LogP contribution in [0, 0.1) is 0 Å². The summed E-state index contributed by atoms with van der Waals surface area (Å²) in [5, 5.41) is 3.45. The number of carbonyl (C=O) groups excluding carboxylic acids is 1. The van der Waals surface area contributed by atoms with Crippen LogP contribution in [0.15, 0.2) is 36.7 Å². The molecule has 2 aromatic rings. The van der Waals surface area contributed by atoms with Crippen molar-refractivity contribution in [2.24, 2.45) is 0 Å². The van der Waals surface area contributed by atoms with E-state index in [2.05, 4.69) is 20.2 Å². The first kappa shape index (κ1) is 15.7. The van der Waals surface area contributed by atoms with Gasteiger partial charge in [0.2, 0.25) is 0 Å². The highest BCUT2D eigenvalue weighted by molar-refractivity contribution is 6.30. The van der Waals surface area contributed by atoms with Crippen molar-refractivity contribution in [3.05, 3.63) is 47.4 Å². The number of amides is 1. The van der Waals surface area contributed by atoms with Gasteiger partial charge in [-0.2, -0.15) is 0 Å². The van der Waals surface area contributed by atoms with E-state index in [-0.39, 0.29) is 5.91 Å². The largest absolute Gasteiger partial charge is 0.357 e. The maximum Gasteiger partial charge on any atom is 0.274 e. The van der Waals surface area contributed by atoms with Crippen LogP contribution in [0.3, 0.4) is 0 Å². The number of rotatable bonds is 3. The number of nitrogens with one attached hydrogen (secondary N) is 1. The van der Waals surface area contributed by atoms with Crippen molar-refractivity contribution in [3.8, 4) is 0 Å². The molecule has 5 nitrogen and oxygen atoms in total. The predicted octanol–water partition coefficient (Wildman–Crippen LogP) is 3.76. The van der Waals surface area contributed by atoms with E-state index in [1.807, 2.05) is 0 Å². The summed E-state index contributed by atoms with van der Waals surface area (Å²) >= 11 is 5.85. The Kier molecular flexibility index (Phi) is 5.08. The van der Waals surface area contributed by atoms with Gasteiger partial charge in [0.15, 0.2) is 0 Å². The van der Waals surface area contributed by atoms with E-state index >= 15 is 0 Å². The van der Waals surface area contributed by atoms with Gasteiger partial charge in [0.1, 0.15) is 17.8 Å². The molecule has 3 rings (SSSR count). The zero-order valence-electron chi connectivity index (χ0n) is 12.8. The normalized spacial score (nSPS) is 15.1. The fourth-order valence-corrected chi connectivity index (χ4v) is 2.80. The van der Waals surface area contributed by atoms with Crippen LogP contribution in [-0.2, 0) is 0 Å². The van der Waals surface area contributed by atoms with Gasteiger partial charge < -0.3 is 10.2 Å². The molecule has 0 bridgehead atoms. The van der Waals surface area contributed by atoms with E-state index in [9.17, 15) is 4.79 Å². The lowest BCUT2D eigenvalue weighted by atomic mass is 10.2. The number of aromatic nitrogens is 2. The quantitative estimate of drug-likeness (QED) is 0.930. The molecule has 1 amide bonds. The second-order valence-corrected chi connectivity index (χ2v) is 6.06. The third kappa shape index (κ3) is 4.20. The van der Waals surface area contributed by atoms with Crippen LogP contribution in [0.4, 0.5) is 11.5 Å². The lowest BCUT2D eigenvalue weighted by Gasteiger charge is -2.21. The van der Waals surface area contributed by atoms with Gasteiger partial charge in [-0.3, -0.25) is 4.79 Å². The summed E-state index contributed by atoms with van der Waals surface area (Å²) in [6.45, 7) is 1.96. The van der Waals surface area contributed by atoms with Gasteiger partial charge in [0.25, 0.3) is 5.91 Å². The molecule has 1 saturated heterocycles. The summed E-state index contributed by atoms with van der Waals surface area (Å²) < 4.78 is 0. The minimum atomic E-state index is -0.245. The predicted molar refractivity (Wildman–Crippen MR) is 92.1 cm³/mol. The van der Waals surface area contributed by atoms with Crippen molar-refractivity contribution < 1.29 is 4.79 Å². The molecule has 23 heavy (non-hydrogen) atoms. The van der Waals surface area contributed by atoms with Gasteiger partial charge in [-0.15, -0.1) is 0 Å². The van der Waals surface area contributed by atoms with E-state index < -0.39 is 0 Å². The lowest BCUT2D eigenvalue weighted by molar-refractivity contribution is 0.102. The molecular formula is C17H19ClN4O. The average molecular weight is 331 g/mol. The zero-order valence-corrected chi connectivity index (χ0v) is 13.6. The maximum atomic E-state index is 12.3. The van der Waals surface area contributed by atoms with E-state index in [0.717, 1.165) is 31.7 Å². The Morgan fingerprint density at radius 2 is 1.74 bits per heavy atom. The van der Waals surface area contributed by atoms with Crippen LogP contribution in [-0.4, -0.2) is 29.0 Å². The third-order valence-corrected chi connectivity index (χ3v) is 4.17. The van der Waals surface area contributed by atoms with Crippen molar-refractivity contribution in [1.29, 1.82) is 0 Å². The standard InChI is InChI=1S/C17H19ClN4O/c18-13-5-7-14(8-6-13)21-17(23)15-11-16(20-12-19-15)22-9-3-1-2-4-10-22/h5-8,11-12H,1-4,9-10H2,(H,21,23). The van der Waals surface area contributed by atoms with Crippen molar-refractivity contribution in [1.82, 2.24) is 9.97 Å². The number of benzene rings is 1. The number of hydrogen-bond acceptors (Lipinski definition) is 4. The molecule has 1 aliphatic heterocycles. The van der Waals surface area contributed by atoms with E-state index in [1.54, 1.807) is 30.3 Å². The molecule has 1 N–H and O–H groups in total. The second-order valence-electron chi connectivity index (χ2n) is 5.62. The summed E-state index contributed by atoms with van der Waals surface area (Å²) in [5.74, 6) is 0.578. The Morgan fingerprint density at radius 3 is 2.43 bits per heavy atom. The first-order chi connectivity index (χ1) is 11.2. The number of carbonyl (C=O) groups is 1. The Balaban J connectivity index is 1.73. The van der Waals surface area contributed by atoms with Crippen LogP contribution in [0.2, 0.25) is 5.02 Å². The highest BCUT2D eigenvalue weighted by Gasteiger charge is 2.14. The molecule has 0 saturated carbocycles. The molecule has 1 fully saturated rings. The van der Waals surface area contributed by atoms with Crippen LogP contribution in [0.25, 0.3) is 0 Å². The van der Waals surface area contributed by atoms with E-state index in [4.69, 9.17) is 11.6 Å². The van der Waals surface area contributed by atoms with E-state index in [1.165, 1.54) is 19.2 Å². The highest BCUT2D eigenvalue weighted by Crippen LogP contribution is 2.18. The van der Waals surface area contributed by atoms with Gasteiger partial charge in [-0.1, -0.05) is 24.4 Å². The summed E-state index contributed by atoms with van der Waals surface area (Å²) in [6, 6.07) is 8.75. The molecule has 120 valence electrons. The minimum Gasteiger partial charge on any atom is -0.357 e. The molecule has 1 aliphatic rings. The first-order valence-electron chi connectivity index (χ1n) is 7.86. The fraction of sp³-hybridized carbons (Fsp3) is 0.353. The van der Waals surface area contributed by atoms with Crippen LogP contribution >= 0.6 is 11.6 Å². The molecule has 1 aromatic carbocycles. The molecule has 6 heteroatoms. The summed E-state index contributed by atoms with van der Waals surface area (Å²) in [7, 11) is 0. The number of nitrogens with zero attached hydrogens (tertiary/aromatic N) is 3. The summed E-state index contributed by atoms with van der Waals surface area (Å²) in [5.41, 5.74) is 1.06. The lowest BCUT2D eigenvalue weighted by Crippen LogP contribution is -2.25. The van der Waals surface area contributed by atoms with Crippen molar-refractivity contribution in [2.45, 2.75) is 25.7 Å². The smallest absolute Gasteiger partial charge is 0.274 e. The van der Waals surface area contributed by atoms with Gasteiger partial charge >= 0.3 is 0 Å². The number of anilines is 2. The zero-order chi connectivity index (χ0) is 16.1. The molecule has 0 atom stereocenters. The summed E-state index contributed by atoms with van der Waals surface area (Å²) in [6.07, 6.45) is 6.29. The highest BCUT2D eigenvalue weighted by atomic mass is 35.5. The Hall–Kier alpha value is -2.14. The first-order valence-corrected chi connectivity index (χ1v) is 8.24. The minimum absolute atomic E-state index is 0.245. The van der Waals surface area contributed by atoms with Crippen LogP contribution in [0.5, 0.6) is 0 Å². The monoisotopic (exact) mass is 330 g/mol. The number of hydrogen-bond donors (Lipinski definition) is 1. The van der Waals surface area contributed by atoms with Crippen LogP contribution < -0.4 is 10.2 Å². The molecule has 1 aromatic heterocycles. The summed E-state index contributed by atoms with van der Waals surface area (Å²) in [4.78, 5) is 23.0. The van der Waals surface area contributed by atoms with Crippen molar-refractivity contribution >= 4 is 29.0 Å². The molecule has 0 aliphatic carbocycles. The SMILES string of the molecule is O=C(Nc1ccc(Cl)cc1)c1cc(N2CCCCCC2)ncn1. The topological polar surface area (TPSA) is 58.1 Å². The number of halogens is 1. The van der Waals surface area contributed by atoms with Crippen molar-refractivity contribution in [2.75, 3.05) is 23.3 Å². The van der Waals surface area contributed by atoms with Crippen LogP contribution in [0.1, 0.15) is 36.2 Å². The molecule has 0 unspecified atom stereocenters. The second kappa shape index (κ2) is 7.42. The van der Waals surface area contributed by atoms with Gasteiger partial charge in [0, 0.05) is 29.9 Å². The Bertz CT molecular complexity index is 667. The average Bonchev–Trinajstić information content (AvgIpc) is 2.86. The Morgan fingerprint density at radius 1 is 1.04 bits per heavy atom. The molecular weight excluding hydrogens is 312 g/mol.